The molecule has 0 radical (unpaired) electrons. The highest BCUT2D eigenvalue weighted by atomic mass is 35.5. The number of esters is 1. The molecule has 0 spiro atoms. The smallest absolute Gasteiger partial charge is 0.338 e. The summed E-state index contributed by atoms with van der Waals surface area (Å²) in [5, 5.41) is 1.05. The zero-order valence-electron chi connectivity index (χ0n) is 25.4. The second-order valence-corrected chi connectivity index (χ2v) is 12.3. The molecule has 10 heteroatoms. The van der Waals surface area contributed by atoms with Gasteiger partial charge in [0.2, 0.25) is 0 Å². The molecule has 0 unspecified atom stereocenters. The number of carbonyl (C=O) groups excluding carboxylic acids is 1. The molecule has 0 saturated heterocycles. The van der Waals surface area contributed by atoms with E-state index in [0.717, 1.165) is 27.8 Å². The Balaban J connectivity index is 1.60. The molecule has 0 saturated carbocycles. The van der Waals surface area contributed by atoms with Gasteiger partial charge in [0.05, 0.1) is 35.6 Å². The van der Waals surface area contributed by atoms with Gasteiger partial charge in [-0.3, -0.25) is 9.36 Å². The van der Waals surface area contributed by atoms with E-state index < -0.39 is 12.0 Å². The van der Waals surface area contributed by atoms with Crippen LogP contribution in [0.2, 0.25) is 10.0 Å². The molecule has 232 valence electrons. The van der Waals surface area contributed by atoms with Crippen LogP contribution in [0.5, 0.6) is 11.5 Å². The van der Waals surface area contributed by atoms with Crippen LogP contribution in [-0.4, -0.2) is 24.3 Å². The molecule has 4 aromatic rings. The molecule has 0 bridgehead atoms. The van der Waals surface area contributed by atoms with Crippen LogP contribution in [0.1, 0.15) is 47.7 Å². The van der Waals surface area contributed by atoms with E-state index in [9.17, 15) is 9.59 Å². The van der Waals surface area contributed by atoms with Gasteiger partial charge in [0.1, 0.15) is 6.61 Å². The Morgan fingerprint density at radius 2 is 1.84 bits per heavy atom. The molecular weight excluding hydrogens is 631 g/mol. The fourth-order valence-electron chi connectivity index (χ4n) is 5.19. The number of carbonyl (C=O) groups is 1. The first kappa shape index (κ1) is 32.3. The number of hydrogen-bond donors (Lipinski definition) is 0. The van der Waals surface area contributed by atoms with E-state index >= 15 is 0 Å². The first-order valence-corrected chi connectivity index (χ1v) is 15.9. The molecule has 3 aromatic carbocycles. The van der Waals surface area contributed by atoms with E-state index in [1.165, 1.54) is 11.3 Å². The molecule has 1 aliphatic heterocycles. The van der Waals surface area contributed by atoms with E-state index in [4.69, 9.17) is 37.4 Å². The van der Waals surface area contributed by atoms with E-state index in [1.54, 1.807) is 49.8 Å². The van der Waals surface area contributed by atoms with Gasteiger partial charge in [-0.15, -0.1) is 6.58 Å². The van der Waals surface area contributed by atoms with Gasteiger partial charge in [-0.25, -0.2) is 9.79 Å². The van der Waals surface area contributed by atoms with Gasteiger partial charge in [-0.1, -0.05) is 76.5 Å². The van der Waals surface area contributed by atoms with Crippen molar-refractivity contribution in [3.8, 4) is 11.5 Å². The largest absolute Gasteiger partial charge is 0.493 e. The molecule has 2 heterocycles. The fourth-order valence-corrected chi connectivity index (χ4v) is 6.69. The summed E-state index contributed by atoms with van der Waals surface area (Å²) < 4.78 is 19.4. The number of benzene rings is 3. The maximum Gasteiger partial charge on any atom is 0.338 e. The standard InChI is InChI=1S/C35H32Cl2N2O5S/c1-6-8-24-15-22(16-28(42-5)32(24)44-19-25-13-14-26(36)18-27(25)37)17-29-33(40)39-31(23-11-9-20(3)10-12-23)30(34(41)43-7-2)21(4)38-35(39)45-29/h6,9-18,31H,1,7-8,19H2,2-5H3/b29-17+/t31-/m0/s1. The Kier molecular flexibility index (Phi) is 9.97. The Morgan fingerprint density at radius 3 is 2.51 bits per heavy atom. The number of rotatable bonds is 10. The lowest BCUT2D eigenvalue weighted by Gasteiger charge is -2.24. The summed E-state index contributed by atoms with van der Waals surface area (Å²) in [6, 6.07) is 16.1. The summed E-state index contributed by atoms with van der Waals surface area (Å²) in [7, 11) is 1.56. The molecule has 0 amide bonds. The average Bonchev–Trinajstić information content (AvgIpc) is 3.30. The molecule has 1 aromatic heterocycles. The normalized spacial score (nSPS) is 14.5. The van der Waals surface area contributed by atoms with Crippen molar-refractivity contribution in [3.05, 3.63) is 136 Å². The van der Waals surface area contributed by atoms with Gasteiger partial charge < -0.3 is 14.2 Å². The summed E-state index contributed by atoms with van der Waals surface area (Å²) in [6.07, 6.45) is 4.07. The zero-order valence-corrected chi connectivity index (χ0v) is 27.7. The van der Waals surface area contributed by atoms with E-state index in [2.05, 4.69) is 11.6 Å². The van der Waals surface area contributed by atoms with Crippen molar-refractivity contribution in [2.24, 2.45) is 4.99 Å². The molecular formula is C35H32Cl2N2O5S. The van der Waals surface area contributed by atoms with E-state index in [-0.39, 0.29) is 18.8 Å². The maximum absolute atomic E-state index is 14.1. The number of halogens is 2. The van der Waals surface area contributed by atoms with Crippen LogP contribution in [0.3, 0.4) is 0 Å². The van der Waals surface area contributed by atoms with Gasteiger partial charge >= 0.3 is 5.97 Å². The van der Waals surface area contributed by atoms with Crippen molar-refractivity contribution in [2.45, 2.75) is 39.8 Å². The van der Waals surface area contributed by atoms with Gasteiger partial charge in [-0.2, -0.15) is 0 Å². The van der Waals surface area contributed by atoms with Crippen LogP contribution in [0.25, 0.3) is 6.08 Å². The lowest BCUT2D eigenvalue weighted by molar-refractivity contribution is -0.139. The summed E-state index contributed by atoms with van der Waals surface area (Å²) in [4.78, 5) is 32.4. The van der Waals surface area contributed by atoms with Crippen molar-refractivity contribution < 1.29 is 19.0 Å². The fraction of sp³-hybridized carbons (Fsp3) is 0.229. The van der Waals surface area contributed by atoms with Crippen molar-refractivity contribution in [3.63, 3.8) is 0 Å². The third-order valence-electron chi connectivity index (χ3n) is 7.33. The molecule has 0 aliphatic carbocycles. The number of methoxy groups -OCH3 is 1. The average molecular weight is 664 g/mol. The van der Waals surface area contributed by atoms with Crippen molar-refractivity contribution in [2.75, 3.05) is 13.7 Å². The molecule has 45 heavy (non-hydrogen) atoms. The number of thiazole rings is 1. The van der Waals surface area contributed by atoms with Crippen LogP contribution in [-0.2, 0) is 22.6 Å². The predicted molar refractivity (Wildman–Crippen MR) is 179 cm³/mol. The lowest BCUT2D eigenvalue weighted by atomic mass is 9.95. The Morgan fingerprint density at radius 1 is 1.09 bits per heavy atom. The highest BCUT2D eigenvalue weighted by Gasteiger charge is 2.33. The second-order valence-electron chi connectivity index (χ2n) is 10.4. The highest BCUT2D eigenvalue weighted by molar-refractivity contribution is 7.07. The number of fused-ring (bicyclic) bond motifs is 1. The minimum atomic E-state index is -0.676. The minimum Gasteiger partial charge on any atom is -0.493 e. The second kappa shape index (κ2) is 13.9. The van der Waals surface area contributed by atoms with Crippen LogP contribution < -0.4 is 24.4 Å². The van der Waals surface area contributed by atoms with E-state index in [0.29, 0.717) is 48.6 Å². The zero-order chi connectivity index (χ0) is 32.2. The Labute approximate surface area is 275 Å². The Hall–Kier alpha value is -4.11. The first-order valence-electron chi connectivity index (χ1n) is 14.3. The van der Waals surface area contributed by atoms with Gasteiger partial charge in [0.15, 0.2) is 16.3 Å². The Bertz CT molecular complexity index is 1990. The quantitative estimate of drug-likeness (QED) is 0.139. The lowest BCUT2D eigenvalue weighted by Crippen LogP contribution is -2.39. The number of nitrogens with zero attached hydrogens (tertiary/aromatic N) is 2. The SMILES string of the molecule is C=CCc1cc(/C=c2/sc3n(c2=O)[C@@H](c2ccc(C)cc2)C(C(=O)OCC)=C(C)N=3)cc(OC)c1OCc1ccc(Cl)cc1Cl. The van der Waals surface area contributed by atoms with Crippen molar-refractivity contribution in [1.82, 2.24) is 4.57 Å². The molecule has 1 aliphatic rings. The van der Waals surface area contributed by atoms with Crippen LogP contribution in [0.15, 0.2) is 88.3 Å². The maximum atomic E-state index is 14.1. The summed E-state index contributed by atoms with van der Waals surface area (Å²) >= 11 is 13.7. The number of aryl methyl sites for hydroxylation is 1. The topological polar surface area (TPSA) is 79.1 Å². The predicted octanol–water partition coefficient (Wildman–Crippen LogP) is 6.73. The molecule has 0 fully saturated rings. The van der Waals surface area contributed by atoms with Gasteiger partial charge in [0, 0.05) is 21.2 Å². The monoisotopic (exact) mass is 662 g/mol. The summed E-state index contributed by atoms with van der Waals surface area (Å²) in [5.74, 6) is 0.556. The highest BCUT2D eigenvalue weighted by Crippen LogP contribution is 2.35. The van der Waals surface area contributed by atoms with Crippen LogP contribution >= 0.6 is 34.5 Å². The number of hydrogen-bond acceptors (Lipinski definition) is 7. The third-order valence-corrected chi connectivity index (χ3v) is 8.90. The molecule has 1 atom stereocenters. The minimum absolute atomic E-state index is 0.204. The third kappa shape index (κ3) is 6.78. The summed E-state index contributed by atoms with van der Waals surface area (Å²) in [5.41, 5.74) is 4.80. The molecule has 5 rings (SSSR count). The molecule has 0 N–H and O–H groups in total. The van der Waals surface area contributed by atoms with Gasteiger partial charge in [0.25, 0.3) is 5.56 Å². The van der Waals surface area contributed by atoms with Crippen LogP contribution in [0.4, 0.5) is 0 Å². The van der Waals surface area contributed by atoms with Gasteiger partial charge in [-0.05, 0) is 68.7 Å². The number of ether oxygens (including phenoxy) is 3. The first-order chi connectivity index (χ1) is 21.6. The van der Waals surface area contributed by atoms with E-state index in [1.807, 2.05) is 49.4 Å². The summed E-state index contributed by atoms with van der Waals surface area (Å²) in [6.45, 7) is 9.83. The van der Waals surface area contributed by atoms with Crippen molar-refractivity contribution >= 4 is 46.6 Å². The molecule has 7 nitrogen and oxygen atoms in total. The number of allylic oxidation sites excluding steroid dienone is 2. The number of aromatic nitrogens is 1. The van der Waals surface area contributed by atoms with Crippen LogP contribution in [0, 0.1) is 6.92 Å². The van der Waals surface area contributed by atoms with Crippen molar-refractivity contribution in [1.29, 1.82) is 0 Å².